The lowest BCUT2D eigenvalue weighted by Crippen LogP contribution is -2.30. The van der Waals surface area contributed by atoms with Crippen LogP contribution in [-0.2, 0) is 23.4 Å². The van der Waals surface area contributed by atoms with Gasteiger partial charge in [0.15, 0.2) is 4.77 Å². The number of nitrogens with zero attached hydrogens (tertiary/aromatic N) is 1. The van der Waals surface area contributed by atoms with Crippen molar-refractivity contribution in [2.75, 3.05) is 12.8 Å². The average Bonchev–Trinajstić information content (AvgIpc) is 3.06. The van der Waals surface area contributed by atoms with Gasteiger partial charge in [0.1, 0.15) is 22.7 Å². The molecule has 0 radical (unpaired) electrons. The highest BCUT2D eigenvalue weighted by molar-refractivity contribution is 7.72. The van der Waals surface area contributed by atoms with Crippen LogP contribution in [0.4, 0.5) is 0 Å². The van der Waals surface area contributed by atoms with Crippen molar-refractivity contribution < 1.29 is 33.0 Å². The van der Waals surface area contributed by atoms with Gasteiger partial charge in [-0.05, 0) is 44.3 Å². The summed E-state index contributed by atoms with van der Waals surface area (Å²) >= 11 is 10.4. The zero-order valence-corrected chi connectivity index (χ0v) is 22.6. The Bertz CT molecular complexity index is 1170. The van der Waals surface area contributed by atoms with Gasteiger partial charge in [-0.3, -0.25) is 13.9 Å². The number of aliphatic hydroxyl groups excluding tert-OH is 1. The van der Waals surface area contributed by atoms with Gasteiger partial charge < -0.3 is 24.1 Å². The molecule has 0 amide bonds. The van der Waals surface area contributed by atoms with Crippen LogP contribution in [0.15, 0.2) is 42.6 Å². The van der Waals surface area contributed by atoms with E-state index in [0.717, 1.165) is 0 Å². The number of carbonyl (C=O) groups is 1. The van der Waals surface area contributed by atoms with Crippen LogP contribution in [0.25, 0.3) is 0 Å². The third-order valence-corrected chi connectivity index (χ3v) is 8.06. The molecule has 0 saturated carbocycles. The van der Waals surface area contributed by atoms with Gasteiger partial charge in [0.2, 0.25) is 0 Å². The van der Waals surface area contributed by atoms with Crippen molar-refractivity contribution in [3.63, 3.8) is 0 Å². The van der Waals surface area contributed by atoms with Crippen LogP contribution in [0.5, 0.6) is 5.75 Å². The Kier molecular flexibility index (Phi) is 9.42. The van der Waals surface area contributed by atoms with Crippen LogP contribution < -0.4 is 4.52 Å². The van der Waals surface area contributed by atoms with Gasteiger partial charge in [-0.1, -0.05) is 44.3 Å². The number of aromatic amines is 1. The summed E-state index contributed by atoms with van der Waals surface area (Å²) in [5.41, 5.74) is 0. The lowest BCUT2D eigenvalue weighted by molar-refractivity contribution is -0.151. The van der Waals surface area contributed by atoms with Crippen LogP contribution >= 0.6 is 32.0 Å². The van der Waals surface area contributed by atoms with E-state index in [9.17, 15) is 14.5 Å². The third kappa shape index (κ3) is 7.31. The largest absolute Gasteiger partial charge is 0.463 e. The molecule has 2 heterocycles. The second-order valence-corrected chi connectivity index (χ2v) is 11.7. The minimum atomic E-state index is -3.84. The first-order valence-corrected chi connectivity index (χ1v) is 13.9. The number of rotatable bonds is 10. The van der Waals surface area contributed by atoms with Crippen molar-refractivity contribution in [2.45, 2.75) is 52.2 Å². The first-order valence-electron chi connectivity index (χ1n) is 11.3. The number of esters is 1. The minimum absolute atomic E-state index is 0.199. The minimum Gasteiger partial charge on any atom is -0.463 e. The van der Waals surface area contributed by atoms with E-state index < -0.39 is 37.9 Å². The molecule has 0 bridgehead atoms. The van der Waals surface area contributed by atoms with Gasteiger partial charge in [-0.25, -0.2) is 4.57 Å². The van der Waals surface area contributed by atoms with E-state index in [1.165, 1.54) is 0 Å². The fourth-order valence-electron chi connectivity index (χ4n) is 3.68. The number of nitrogens with one attached hydrogen (secondary N) is 1. The SMILES string of the molecule is CC(C)OC(=O)[C@H](C)CP(=O)(OC[C@H]1O[C@@H](n2ccc(=S)[nH]c2=S)C(C)[C@H]1O)Oc1ccccc1. The standard InChI is InChI=1S/C23H31N2O7PS2/c1-14(2)30-22(27)15(3)13-33(28,32-17-8-6-5-7-9-17)29-12-18-20(26)16(4)21(31-18)25-11-10-19(34)24-23(25)35/h5-11,14-16,18,20-21,26H,12-13H2,1-4H3,(H,24,34,35)/t15-,16?,18-,20-,21-,33?/m1/s1. The van der Waals surface area contributed by atoms with Gasteiger partial charge in [0, 0.05) is 12.1 Å². The van der Waals surface area contributed by atoms with Crippen LogP contribution in [0, 0.1) is 21.2 Å². The molecule has 6 atom stereocenters. The molecule has 35 heavy (non-hydrogen) atoms. The number of ether oxygens (including phenoxy) is 2. The fraction of sp³-hybridized carbons (Fsp3) is 0.522. The molecular weight excluding hydrogens is 511 g/mol. The first-order chi connectivity index (χ1) is 16.5. The van der Waals surface area contributed by atoms with Crippen molar-refractivity contribution in [1.82, 2.24) is 9.55 Å². The lowest BCUT2D eigenvalue weighted by Gasteiger charge is -2.24. The predicted octanol–water partition coefficient (Wildman–Crippen LogP) is 5.05. The topological polar surface area (TPSA) is 112 Å². The third-order valence-electron chi connectivity index (χ3n) is 5.48. The molecule has 1 aromatic carbocycles. The smallest absolute Gasteiger partial charge is 0.380 e. The predicted molar refractivity (Wildman–Crippen MR) is 135 cm³/mol. The summed E-state index contributed by atoms with van der Waals surface area (Å²) in [4.78, 5) is 15.2. The number of aromatic nitrogens is 2. The highest BCUT2D eigenvalue weighted by atomic mass is 32.1. The molecule has 3 rings (SSSR count). The van der Waals surface area contributed by atoms with Gasteiger partial charge in [-0.2, -0.15) is 0 Å². The highest BCUT2D eigenvalue weighted by Crippen LogP contribution is 2.51. The quantitative estimate of drug-likeness (QED) is 0.242. The summed E-state index contributed by atoms with van der Waals surface area (Å²) < 4.78 is 39.1. The second-order valence-electron chi connectivity index (χ2n) is 8.81. The van der Waals surface area contributed by atoms with Crippen LogP contribution in [0.2, 0.25) is 0 Å². The summed E-state index contributed by atoms with van der Waals surface area (Å²) in [6, 6.07) is 10.2. The Labute approximate surface area is 214 Å². The molecule has 12 heteroatoms. The number of carbonyl (C=O) groups excluding carboxylic acids is 1. The molecule has 2 N–H and O–H groups in total. The number of benzene rings is 1. The molecule has 2 unspecified atom stereocenters. The van der Waals surface area contributed by atoms with Crippen LogP contribution in [-0.4, -0.2) is 51.7 Å². The number of aliphatic hydroxyl groups is 1. The van der Waals surface area contributed by atoms with E-state index in [0.29, 0.717) is 15.2 Å². The molecule has 2 aromatic rings. The van der Waals surface area contributed by atoms with Crippen molar-refractivity contribution in [3.8, 4) is 5.75 Å². The van der Waals surface area contributed by atoms with Gasteiger partial charge in [-0.15, -0.1) is 0 Å². The summed E-state index contributed by atoms with van der Waals surface area (Å²) in [6.07, 6.45) is -1.10. The molecule has 192 valence electrons. The Balaban J connectivity index is 1.75. The number of hydrogen-bond acceptors (Lipinski definition) is 9. The van der Waals surface area contributed by atoms with E-state index in [1.54, 1.807) is 67.9 Å². The maximum Gasteiger partial charge on any atom is 0.380 e. The molecule has 1 aliphatic rings. The van der Waals surface area contributed by atoms with E-state index in [2.05, 4.69) is 4.98 Å². The maximum atomic E-state index is 13.7. The van der Waals surface area contributed by atoms with E-state index in [4.69, 9.17) is 43.0 Å². The van der Waals surface area contributed by atoms with Crippen molar-refractivity contribution in [2.24, 2.45) is 11.8 Å². The van der Waals surface area contributed by atoms with E-state index in [1.807, 2.05) is 6.92 Å². The number of para-hydroxylation sites is 1. The Hall–Kier alpha value is -1.88. The monoisotopic (exact) mass is 542 g/mol. The van der Waals surface area contributed by atoms with E-state index in [-0.39, 0.29) is 24.8 Å². The molecule has 0 aliphatic carbocycles. The second kappa shape index (κ2) is 11.9. The lowest BCUT2D eigenvalue weighted by atomic mass is 10.0. The zero-order valence-electron chi connectivity index (χ0n) is 20.0. The van der Waals surface area contributed by atoms with Crippen LogP contribution in [0.3, 0.4) is 0 Å². The normalized spacial score (nSPS) is 24.6. The maximum absolute atomic E-state index is 13.7. The van der Waals surface area contributed by atoms with Gasteiger partial charge in [0.25, 0.3) is 0 Å². The summed E-state index contributed by atoms with van der Waals surface area (Å²) in [7, 11) is -3.84. The Morgan fingerprint density at radius 1 is 1.23 bits per heavy atom. The summed E-state index contributed by atoms with van der Waals surface area (Å²) in [5, 5.41) is 10.8. The average molecular weight is 543 g/mol. The first kappa shape index (κ1) is 27.7. The van der Waals surface area contributed by atoms with Crippen molar-refractivity contribution >= 4 is 38.0 Å². The van der Waals surface area contributed by atoms with Crippen molar-refractivity contribution in [1.29, 1.82) is 0 Å². The highest BCUT2D eigenvalue weighted by Gasteiger charge is 2.44. The molecule has 1 aromatic heterocycles. The Morgan fingerprint density at radius 3 is 2.54 bits per heavy atom. The molecular formula is C23H31N2O7PS2. The fourth-order valence-corrected chi connectivity index (χ4v) is 6.05. The molecule has 1 saturated heterocycles. The Morgan fingerprint density at radius 2 is 1.91 bits per heavy atom. The van der Waals surface area contributed by atoms with Crippen LogP contribution in [0.1, 0.15) is 33.9 Å². The molecule has 1 fully saturated rings. The molecule has 9 nitrogen and oxygen atoms in total. The summed E-state index contributed by atoms with van der Waals surface area (Å²) in [6.45, 7) is 6.69. The van der Waals surface area contributed by atoms with Gasteiger partial charge >= 0.3 is 13.6 Å². The summed E-state index contributed by atoms with van der Waals surface area (Å²) in [5.74, 6) is -1.24. The molecule has 1 aliphatic heterocycles. The zero-order chi connectivity index (χ0) is 25.8. The number of hydrogen-bond donors (Lipinski definition) is 2. The van der Waals surface area contributed by atoms with Crippen molar-refractivity contribution in [3.05, 3.63) is 52.0 Å². The van der Waals surface area contributed by atoms with Gasteiger partial charge in [0.05, 0.1) is 30.9 Å². The number of H-pyrrole nitrogens is 1. The molecule has 0 spiro atoms. The van der Waals surface area contributed by atoms with E-state index >= 15 is 0 Å².